The van der Waals surface area contributed by atoms with Gasteiger partial charge in [-0.1, -0.05) is 12.1 Å². The van der Waals surface area contributed by atoms with Gasteiger partial charge in [0.25, 0.3) is 10.1 Å². The molecule has 0 heterocycles. The number of rotatable bonds is 4. The van der Waals surface area contributed by atoms with E-state index in [0.717, 1.165) is 30.3 Å². The SMILES string of the molecule is O=S(=O)(O)/C=C/c1ccc(OS(=O)(=O)C(F)(F)F)cc1.[NaH]. The molecule has 0 fully saturated rings. The van der Waals surface area contributed by atoms with Gasteiger partial charge in [-0.15, -0.1) is 0 Å². The van der Waals surface area contributed by atoms with Crippen LogP contribution in [-0.4, -0.2) is 56.5 Å². The summed E-state index contributed by atoms with van der Waals surface area (Å²) in [7, 11) is -10.1. The van der Waals surface area contributed by atoms with Crippen molar-refractivity contribution < 1.29 is 38.7 Å². The number of hydrogen-bond donors (Lipinski definition) is 1. The maximum absolute atomic E-state index is 12.0. The quantitative estimate of drug-likeness (QED) is 0.376. The molecule has 0 aliphatic heterocycles. The van der Waals surface area contributed by atoms with E-state index in [1.54, 1.807) is 0 Å². The normalized spacial score (nSPS) is 13.0. The van der Waals surface area contributed by atoms with E-state index >= 15 is 0 Å². The van der Waals surface area contributed by atoms with E-state index < -0.39 is 31.5 Å². The van der Waals surface area contributed by atoms with E-state index in [0.29, 0.717) is 5.41 Å². The first-order valence-electron chi connectivity index (χ1n) is 4.67. The van der Waals surface area contributed by atoms with Gasteiger partial charge in [0.05, 0.1) is 5.41 Å². The average molecular weight is 356 g/mol. The first-order chi connectivity index (χ1) is 8.91. The third kappa shape index (κ3) is 6.80. The average Bonchev–Trinajstić information content (AvgIpc) is 2.25. The minimum absolute atomic E-state index is 0. The van der Waals surface area contributed by atoms with E-state index in [2.05, 4.69) is 4.18 Å². The fraction of sp³-hybridized carbons (Fsp3) is 0.111. The van der Waals surface area contributed by atoms with Crippen LogP contribution in [0.3, 0.4) is 0 Å². The predicted molar refractivity (Wildman–Crippen MR) is 69.8 cm³/mol. The van der Waals surface area contributed by atoms with Gasteiger partial charge >= 0.3 is 45.2 Å². The Morgan fingerprint density at radius 1 is 1.05 bits per heavy atom. The molecule has 1 aromatic rings. The van der Waals surface area contributed by atoms with Crippen molar-refractivity contribution in [3.8, 4) is 5.75 Å². The van der Waals surface area contributed by atoms with E-state index in [1.165, 1.54) is 0 Å². The topological polar surface area (TPSA) is 97.7 Å². The molecular weight excluding hydrogens is 348 g/mol. The van der Waals surface area contributed by atoms with Gasteiger partial charge in [0.15, 0.2) is 0 Å². The van der Waals surface area contributed by atoms with Crippen LogP contribution < -0.4 is 4.18 Å². The van der Waals surface area contributed by atoms with Crippen LogP contribution in [0.1, 0.15) is 5.56 Å². The molecule has 0 bridgehead atoms. The third-order valence-electron chi connectivity index (χ3n) is 1.80. The van der Waals surface area contributed by atoms with E-state index in [1.807, 2.05) is 0 Å². The summed E-state index contributed by atoms with van der Waals surface area (Å²) in [6.45, 7) is 0. The van der Waals surface area contributed by atoms with Gasteiger partial charge < -0.3 is 4.18 Å². The molecule has 0 saturated heterocycles. The van der Waals surface area contributed by atoms with Crippen LogP contribution in [0, 0.1) is 0 Å². The molecule has 1 rings (SSSR count). The van der Waals surface area contributed by atoms with Crippen molar-refractivity contribution in [3.63, 3.8) is 0 Å². The van der Waals surface area contributed by atoms with Crippen molar-refractivity contribution in [2.75, 3.05) is 0 Å². The summed E-state index contributed by atoms with van der Waals surface area (Å²) in [5.41, 5.74) is -5.35. The van der Waals surface area contributed by atoms with Crippen LogP contribution in [-0.2, 0) is 20.2 Å². The summed E-state index contributed by atoms with van der Waals surface area (Å²) in [5.74, 6) is -0.591. The zero-order chi connectivity index (χ0) is 15.6. The zero-order valence-electron chi connectivity index (χ0n) is 9.40. The van der Waals surface area contributed by atoms with Gasteiger partial charge in [-0.05, 0) is 23.8 Å². The fourth-order valence-corrected chi connectivity index (χ4v) is 1.76. The van der Waals surface area contributed by atoms with E-state index in [9.17, 15) is 30.0 Å². The summed E-state index contributed by atoms with van der Waals surface area (Å²) in [4.78, 5) is 0. The molecule has 0 aromatic heterocycles. The number of alkyl halides is 3. The molecule has 0 atom stereocenters. The number of halogens is 3. The molecule has 21 heavy (non-hydrogen) atoms. The van der Waals surface area contributed by atoms with Crippen molar-refractivity contribution in [2.45, 2.75) is 5.51 Å². The van der Waals surface area contributed by atoms with E-state index in [-0.39, 0.29) is 35.1 Å². The second kappa shape index (κ2) is 7.11. The van der Waals surface area contributed by atoms with Gasteiger partial charge in [-0.25, -0.2) is 0 Å². The Balaban J connectivity index is 0.00000400. The van der Waals surface area contributed by atoms with Crippen LogP contribution in [0.15, 0.2) is 29.7 Å². The molecule has 0 aliphatic carbocycles. The zero-order valence-corrected chi connectivity index (χ0v) is 11.0. The summed E-state index contributed by atoms with van der Waals surface area (Å²) in [5, 5.41) is 0.454. The first-order valence-corrected chi connectivity index (χ1v) is 7.58. The second-order valence-corrected chi connectivity index (χ2v) is 6.21. The molecule has 0 radical (unpaired) electrons. The molecular formula is C9H8F3NaO6S2. The van der Waals surface area contributed by atoms with Crippen molar-refractivity contribution in [3.05, 3.63) is 35.2 Å². The predicted octanol–water partition coefficient (Wildman–Crippen LogP) is 1.12. The molecule has 0 amide bonds. The van der Waals surface area contributed by atoms with Crippen LogP contribution in [0.2, 0.25) is 0 Å². The minimum atomic E-state index is -5.75. The Morgan fingerprint density at radius 3 is 1.90 bits per heavy atom. The van der Waals surface area contributed by atoms with Gasteiger partial charge in [-0.2, -0.15) is 30.0 Å². The van der Waals surface area contributed by atoms with Crippen LogP contribution in [0.4, 0.5) is 13.2 Å². The molecule has 0 unspecified atom stereocenters. The monoisotopic (exact) mass is 356 g/mol. The molecule has 114 valence electrons. The van der Waals surface area contributed by atoms with Gasteiger partial charge in [0.2, 0.25) is 0 Å². The fourth-order valence-electron chi connectivity index (χ4n) is 0.973. The summed E-state index contributed by atoms with van der Waals surface area (Å²) in [6.07, 6.45) is 0.956. The summed E-state index contributed by atoms with van der Waals surface area (Å²) in [6, 6.07) is 3.99. The molecule has 0 aliphatic rings. The van der Waals surface area contributed by atoms with Gasteiger partial charge in [0.1, 0.15) is 5.75 Å². The van der Waals surface area contributed by atoms with Gasteiger partial charge in [-0.3, -0.25) is 4.55 Å². The van der Waals surface area contributed by atoms with Crippen LogP contribution >= 0.6 is 0 Å². The first kappa shape index (κ1) is 20.4. The Labute approximate surface area is 140 Å². The number of hydrogen-bond acceptors (Lipinski definition) is 5. The standard InChI is InChI=1S/C9H7F3O6S2.Na.H/c10-9(11,12)20(16,17)18-8-3-1-7(2-4-8)5-6-19(13,14)15;;/h1-6H,(H,13,14,15);;/b6-5+;;. The molecule has 0 spiro atoms. The van der Waals surface area contributed by atoms with Crippen molar-refractivity contribution >= 4 is 55.9 Å². The molecule has 1 N–H and O–H groups in total. The summed E-state index contributed by atoms with van der Waals surface area (Å²) < 4.78 is 90.5. The Bertz CT molecular complexity index is 707. The van der Waals surface area contributed by atoms with Crippen molar-refractivity contribution in [2.24, 2.45) is 0 Å². The van der Waals surface area contributed by atoms with Crippen LogP contribution in [0.5, 0.6) is 5.75 Å². The summed E-state index contributed by atoms with van der Waals surface area (Å²) >= 11 is 0. The molecule has 12 heteroatoms. The molecule has 1 aromatic carbocycles. The molecule has 0 saturated carbocycles. The Hall–Kier alpha value is -0.590. The number of benzene rings is 1. The Kier molecular flexibility index (Phi) is 6.91. The van der Waals surface area contributed by atoms with Crippen molar-refractivity contribution in [1.82, 2.24) is 0 Å². The van der Waals surface area contributed by atoms with Crippen LogP contribution in [0.25, 0.3) is 6.08 Å². The molecule has 6 nitrogen and oxygen atoms in total. The third-order valence-corrected chi connectivity index (χ3v) is 3.26. The van der Waals surface area contributed by atoms with E-state index in [4.69, 9.17) is 4.55 Å². The maximum atomic E-state index is 12.0. The second-order valence-electron chi connectivity index (χ2n) is 3.37. The van der Waals surface area contributed by atoms with Crippen molar-refractivity contribution in [1.29, 1.82) is 0 Å². The van der Waals surface area contributed by atoms with Gasteiger partial charge in [0, 0.05) is 0 Å². The Morgan fingerprint density at radius 2 is 1.52 bits per heavy atom.